The van der Waals surface area contributed by atoms with Crippen molar-refractivity contribution >= 4 is 11.9 Å². The Labute approximate surface area is 91.4 Å². The van der Waals surface area contributed by atoms with Crippen LogP contribution in [0.4, 0.5) is 0 Å². The highest BCUT2D eigenvalue weighted by Gasteiger charge is 2.34. The van der Waals surface area contributed by atoms with Gasteiger partial charge in [0.1, 0.15) is 0 Å². The first kappa shape index (κ1) is 10.7. The van der Waals surface area contributed by atoms with Gasteiger partial charge in [0.15, 0.2) is 11.8 Å². The number of furan rings is 1. The Bertz CT molecular complexity index is 386. The Hall–Kier alpha value is -1.82. The van der Waals surface area contributed by atoms with Crippen molar-refractivity contribution in [1.82, 2.24) is 4.90 Å². The quantitative estimate of drug-likeness (QED) is 0.778. The van der Waals surface area contributed by atoms with Gasteiger partial charge in [0, 0.05) is 6.54 Å². The standard InChI is InChI=1S/C10H11NO5/c12-9(8-2-1-4-16-8)11-3-5-15-6-7(11)10(13)14/h1-2,4,7H,3,5-6H2,(H,13,14). The zero-order chi connectivity index (χ0) is 11.5. The molecule has 2 heterocycles. The highest BCUT2D eigenvalue weighted by atomic mass is 16.5. The summed E-state index contributed by atoms with van der Waals surface area (Å²) < 4.78 is 9.99. The molecular formula is C10H11NO5. The van der Waals surface area contributed by atoms with E-state index in [9.17, 15) is 9.59 Å². The smallest absolute Gasteiger partial charge is 0.328 e. The number of rotatable bonds is 2. The average Bonchev–Trinajstić information content (AvgIpc) is 2.81. The first-order valence-electron chi connectivity index (χ1n) is 4.85. The highest BCUT2D eigenvalue weighted by Crippen LogP contribution is 2.13. The molecule has 0 spiro atoms. The lowest BCUT2D eigenvalue weighted by Gasteiger charge is -2.32. The molecule has 0 bridgehead atoms. The monoisotopic (exact) mass is 225 g/mol. The van der Waals surface area contributed by atoms with E-state index in [1.165, 1.54) is 17.2 Å². The van der Waals surface area contributed by atoms with Gasteiger partial charge in [-0.3, -0.25) is 4.79 Å². The fourth-order valence-corrected chi connectivity index (χ4v) is 1.59. The Kier molecular flexibility index (Phi) is 2.91. The number of carboxylic acid groups (broad SMARTS) is 1. The second-order valence-electron chi connectivity index (χ2n) is 3.40. The Morgan fingerprint density at radius 2 is 2.31 bits per heavy atom. The lowest BCUT2D eigenvalue weighted by Crippen LogP contribution is -2.52. The van der Waals surface area contributed by atoms with E-state index in [4.69, 9.17) is 14.3 Å². The number of hydrogen-bond donors (Lipinski definition) is 1. The molecule has 0 aromatic carbocycles. The topological polar surface area (TPSA) is 80.0 Å². The largest absolute Gasteiger partial charge is 0.480 e. The van der Waals surface area contributed by atoms with Gasteiger partial charge in [-0.15, -0.1) is 0 Å². The van der Waals surface area contributed by atoms with Crippen molar-refractivity contribution in [3.8, 4) is 0 Å². The molecule has 1 amide bonds. The summed E-state index contributed by atoms with van der Waals surface area (Å²) in [5.74, 6) is -1.34. The SMILES string of the molecule is O=C(O)C1COCCN1C(=O)c1ccco1. The van der Waals surface area contributed by atoms with Crippen LogP contribution in [0.2, 0.25) is 0 Å². The number of nitrogens with zero attached hydrogens (tertiary/aromatic N) is 1. The summed E-state index contributed by atoms with van der Waals surface area (Å²) in [5.41, 5.74) is 0. The highest BCUT2D eigenvalue weighted by molar-refractivity contribution is 5.94. The number of morpholine rings is 1. The summed E-state index contributed by atoms with van der Waals surface area (Å²) >= 11 is 0. The third-order valence-corrected chi connectivity index (χ3v) is 2.41. The number of ether oxygens (including phenoxy) is 1. The molecule has 1 N–H and O–H groups in total. The Morgan fingerprint density at radius 3 is 2.94 bits per heavy atom. The van der Waals surface area contributed by atoms with Crippen LogP contribution in [0.5, 0.6) is 0 Å². The van der Waals surface area contributed by atoms with Crippen molar-refractivity contribution in [2.45, 2.75) is 6.04 Å². The molecule has 6 nitrogen and oxygen atoms in total. The average molecular weight is 225 g/mol. The first-order valence-corrected chi connectivity index (χ1v) is 4.85. The molecular weight excluding hydrogens is 214 g/mol. The van der Waals surface area contributed by atoms with Crippen molar-refractivity contribution in [2.24, 2.45) is 0 Å². The maximum absolute atomic E-state index is 11.9. The summed E-state index contributed by atoms with van der Waals surface area (Å²) in [7, 11) is 0. The zero-order valence-electron chi connectivity index (χ0n) is 8.46. The molecule has 0 saturated carbocycles. The predicted molar refractivity (Wildman–Crippen MR) is 52.0 cm³/mol. The van der Waals surface area contributed by atoms with Crippen LogP contribution in [0.15, 0.2) is 22.8 Å². The number of aliphatic carboxylic acids is 1. The van der Waals surface area contributed by atoms with E-state index >= 15 is 0 Å². The maximum Gasteiger partial charge on any atom is 0.328 e. The third kappa shape index (κ3) is 1.92. The molecule has 1 aromatic rings. The van der Waals surface area contributed by atoms with Gasteiger partial charge in [0.2, 0.25) is 0 Å². The molecule has 1 aliphatic rings. The molecule has 1 unspecified atom stereocenters. The van der Waals surface area contributed by atoms with Crippen molar-refractivity contribution in [2.75, 3.05) is 19.8 Å². The van der Waals surface area contributed by atoms with E-state index in [1.807, 2.05) is 0 Å². The lowest BCUT2D eigenvalue weighted by atomic mass is 10.2. The zero-order valence-corrected chi connectivity index (χ0v) is 8.46. The van der Waals surface area contributed by atoms with Gasteiger partial charge in [-0.05, 0) is 12.1 Å². The van der Waals surface area contributed by atoms with Crippen LogP contribution in [0.3, 0.4) is 0 Å². The molecule has 2 rings (SSSR count). The molecule has 1 atom stereocenters. The van der Waals surface area contributed by atoms with Crippen LogP contribution in [-0.4, -0.2) is 47.7 Å². The molecule has 1 fully saturated rings. The molecule has 0 aliphatic carbocycles. The lowest BCUT2D eigenvalue weighted by molar-refractivity contribution is -0.147. The summed E-state index contributed by atoms with van der Waals surface area (Å²) in [6.07, 6.45) is 1.38. The summed E-state index contributed by atoms with van der Waals surface area (Å²) in [6, 6.07) is 2.16. The Balaban J connectivity index is 2.17. The van der Waals surface area contributed by atoms with E-state index < -0.39 is 17.9 Å². The second kappa shape index (κ2) is 4.36. The summed E-state index contributed by atoms with van der Waals surface area (Å²) in [5, 5.41) is 8.95. The van der Waals surface area contributed by atoms with Crippen LogP contribution >= 0.6 is 0 Å². The van der Waals surface area contributed by atoms with Crippen LogP contribution < -0.4 is 0 Å². The molecule has 1 saturated heterocycles. The van der Waals surface area contributed by atoms with E-state index in [-0.39, 0.29) is 18.9 Å². The van der Waals surface area contributed by atoms with Crippen molar-refractivity contribution in [3.05, 3.63) is 24.2 Å². The third-order valence-electron chi connectivity index (χ3n) is 2.41. The Morgan fingerprint density at radius 1 is 1.50 bits per heavy atom. The van der Waals surface area contributed by atoms with Crippen molar-refractivity contribution < 1.29 is 23.8 Å². The predicted octanol–water partition coefficient (Wildman–Crippen LogP) is 0.205. The normalized spacial score (nSPS) is 20.8. The van der Waals surface area contributed by atoms with E-state index in [0.717, 1.165) is 0 Å². The van der Waals surface area contributed by atoms with Gasteiger partial charge in [-0.25, -0.2) is 4.79 Å². The van der Waals surface area contributed by atoms with Gasteiger partial charge in [-0.1, -0.05) is 0 Å². The summed E-state index contributed by atoms with van der Waals surface area (Å²) in [6.45, 7) is 0.620. The fraction of sp³-hybridized carbons (Fsp3) is 0.400. The van der Waals surface area contributed by atoms with Crippen molar-refractivity contribution in [3.63, 3.8) is 0 Å². The number of carbonyl (C=O) groups excluding carboxylic acids is 1. The van der Waals surface area contributed by atoms with Gasteiger partial charge in [-0.2, -0.15) is 0 Å². The minimum atomic E-state index is -1.07. The molecule has 1 aromatic heterocycles. The van der Waals surface area contributed by atoms with Crippen LogP contribution in [0, 0.1) is 0 Å². The van der Waals surface area contributed by atoms with Crippen molar-refractivity contribution in [1.29, 1.82) is 0 Å². The molecule has 1 aliphatic heterocycles. The van der Waals surface area contributed by atoms with E-state index in [1.54, 1.807) is 6.07 Å². The van der Waals surface area contributed by atoms with Gasteiger partial charge in [0.05, 0.1) is 19.5 Å². The number of amides is 1. The van der Waals surface area contributed by atoms with Gasteiger partial charge < -0.3 is 19.2 Å². The van der Waals surface area contributed by atoms with Crippen LogP contribution in [-0.2, 0) is 9.53 Å². The molecule has 6 heteroatoms. The van der Waals surface area contributed by atoms with E-state index in [2.05, 4.69) is 0 Å². The van der Waals surface area contributed by atoms with Crippen LogP contribution in [0.1, 0.15) is 10.6 Å². The second-order valence-corrected chi connectivity index (χ2v) is 3.40. The number of hydrogen-bond acceptors (Lipinski definition) is 4. The number of carbonyl (C=O) groups is 2. The fourth-order valence-electron chi connectivity index (χ4n) is 1.59. The molecule has 86 valence electrons. The molecule has 16 heavy (non-hydrogen) atoms. The number of carboxylic acids is 1. The summed E-state index contributed by atoms with van der Waals surface area (Å²) in [4.78, 5) is 24.1. The van der Waals surface area contributed by atoms with Crippen LogP contribution in [0.25, 0.3) is 0 Å². The first-order chi connectivity index (χ1) is 7.70. The minimum absolute atomic E-state index is 0.0157. The van der Waals surface area contributed by atoms with E-state index in [0.29, 0.717) is 6.61 Å². The van der Waals surface area contributed by atoms with Gasteiger partial charge in [0.25, 0.3) is 5.91 Å². The molecule has 0 radical (unpaired) electrons. The minimum Gasteiger partial charge on any atom is -0.480 e. The van der Waals surface area contributed by atoms with Gasteiger partial charge >= 0.3 is 5.97 Å². The maximum atomic E-state index is 11.9.